The van der Waals surface area contributed by atoms with Crippen molar-refractivity contribution in [1.82, 2.24) is 24.4 Å². The Bertz CT molecular complexity index is 1560. The van der Waals surface area contributed by atoms with Gasteiger partial charge in [-0.3, -0.25) is 4.79 Å². The van der Waals surface area contributed by atoms with Crippen LogP contribution in [0, 0.1) is 6.92 Å². The number of hydrogen-bond donors (Lipinski definition) is 0. The van der Waals surface area contributed by atoms with Gasteiger partial charge >= 0.3 is 0 Å². The van der Waals surface area contributed by atoms with E-state index in [1.807, 2.05) is 61.5 Å². The molecular weight excluding hydrogens is 418 g/mol. The molecule has 0 N–H and O–H groups in total. The van der Waals surface area contributed by atoms with E-state index in [1.165, 1.54) is 0 Å². The number of pyridine rings is 1. The number of ether oxygens (including phenoxy) is 2. The van der Waals surface area contributed by atoms with Crippen LogP contribution < -0.4 is 15.0 Å². The number of rotatable bonds is 3. The molecule has 0 fully saturated rings. The third-order valence-electron chi connectivity index (χ3n) is 5.85. The molecule has 0 unspecified atom stereocenters. The number of nitrogens with zero attached hydrogens (tertiary/aromatic N) is 5. The van der Waals surface area contributed by atoms with Gasteiger partial charge in [0, 0.05) is 12.6 Å². The molecular formula is C25H21N5O3. The summed E-state index contributed by atoms with van der Waals surface area (Å²) in [6.07, 6.45) is 2.62. The molecule has 33 heavy (non-hydrogen) atoms. The maximum absolute atomic E-state index is 13.2. The predicted octanol–water partition coefficient (Wildman–Crippen LogP) is 3.62. The fourth-order valence-electron chi connectivity index (χ4n) is 4.26. The lowest BCUT2D eigenvalue weighted by Crippen LogP contribution is -2.22. The molecule has 8 heteroatoms. The molecule has 0 aliphatic carbocycles. The molecule has 4 heterocycles. The Kier molecular flexibility index (Phi) is 4.57. The van der Waals surface area contributed by atoms with Gasteiger partial charge in [0.05, 0.1) is 31.0 Å². The van der Waals surface area contributed by atoms with Gasteiger partial charge in [0.1, 0.15) is 5.52 Å². The lowest BCUT2D eigenvalue weighted by molar-refractivity contribution is 0.297. The largest absolute Gasteiger partial charge is 0.490 e. The third kappa shape index (κ3) is 3.31. The zero-order valence-electron chi connectivity index (χ0n) is 18.1. The van der Waals surface area contributed by atoms with Crippen molar-refractivity contribution < 1.29 is 9.47 Å². The molecule has 3 aromatic heterocycles. The molecule has 0 bridgehead atoms. The highest BCUT2D eigenvalue weighted by molar-refractivity contribution is 5.84. The zero-order chi connectivity index (χ0) is 22.4. The van der Waals surface area contributed by atoms with E-state index in [9.17, 15) is 4.79 Å². The first-order valence-electron chi connectivity index (χ1n) is 10.9. The van der Waals surface area contributed by atoms with Crippen molar-refractivity contribution in [3.05, 3.63) is 82.4 Å². The van der Waals surface area contributed by atoms with E-state index in [1.54, 1.807) is 15.3 Å². The number of hydrogen-bond acceptors (Lipinski definition) is 6. The quantitative estimate of drug-likeness (QED) is 0.427. The average molecular weight is 439 g/mol. The Balaban J connectivity index is 1.42. The second-order valence-electron chi connectivity index (χ2n) is 8.08. The molecule has 5 aromatic rings. The van der Waals surface area contributed by atoms with Gasteiger partial charge in [0.25, 0.3) is 5.56 Å². The van der Waals surface area contributed by atoms with Crippen LogP contribution in [0.1, 0.15) is 17.7 Å². The van der Waals surface area contributed by atoms with Gasteiger partial charge in [-0.25, -0.2) is 4.52 Å². The first-order valence-corrected chi connectivity index (χ1v) is 10.9. The Morgan fingerprint density at radius 2 is 1.79 bits per heavy atom. The van der Waals surface area contributed by atoms with Crippen LogP contribution in [0.3, 0.4) is 0 Å². The van der Waals surface area contributed by atoms with Crippen LogP contribution in [-0.2, 0) is 6.54 Å². The maximum Gasteiger partial charge on any atom is 0.280 e. The summed E-state index contributed by atoms with van der Waals surface area (Å²) in [6.45, 7) is 3.58. The van der Waals surface area contributed by atoms with Crippen molar-refractivity contribution in [1.29, 1.82) is 0 Å². The van der Waals surface area contributed by atoms with Crippen molar-refractivity contribution >= 4 is 16.7 Å². The third-order valence-corrected chi connectivity index (χ3v) is 5.85. The van der Waals surface area contributed by atoms with Crippen molar-refractivity contribution in [2.75, 3.05) is 13.2 Å². The fraction of sp³-hybridized carbons (Fsp3) is 0.200. The molecule has 0 amide bonds. The van der Waals surface area contributed by atoms with Crippen molar-refractivity contribution in [2.24, 2.45) is 0 Å². The Morgan fingerprint density at radius 1 is 0.970 bits per heavy atom. The van der Waals surface area contributed by atoms with E-state index in [2.05, 4.69) is 15.3 Å². The smallest absolute Gasteiger partial charge is 0.280 e. The fourth-order valence-corrected chi connectivity index (χ4v) is 4.26. The normalized spacial score (nSPS) is 13.4. The summed E-state index contributed by atoms with van der Waals surface area (Å²) in [5.74, 6) is 1.44. The lowest BCUT2D eigenvalue weighted by atomic mass is 10.1. The molecule has 1 aliphatic rings. The van der Waals surface area contributed by atoms with E-state index >= 15 is 0 Å². The monoisotopic (exact) mass is 439 g/mol. The predicted molar refractivity (Wildman–Crippen MR) is 124 cm³/mol. The van der Waals surface area contributed by atoms with Gasteiger partial charge < -0.3 is 14.0 Å². The van der Waals surface area contributed by atoms with Gasteiger partial charge in [-0.2, -0.15) is 5.10 Å². The highest BCUT2D eigenvalue weighted by Gasteiger charge is 2.18. The van der Waals surface area contributed by atoms with Crippen LogP contribution in [0.5, 0.6) is 11.5 Å². The first kappa shape index (κ1) is 19.5. The van der Waals surface area contributed by atoms with Crippen LogP contribution in [0.25, 0.3) is 27.8 Å². The second kappa shape index (κ2) is 7.74. The highest BCUT2D eigenvalue weighted by atomic mass is 16.5. The zero-order valence-corrected chi connectivity index (χ0v) is 18.1. The van der Waals surface area contributed by atoms with Crippen LogP contribution in [0.2, 0.25) is 0 Å². The molecule has 8 nitrogen and oxygen atoms in total. The molecule has 0 radical (unpaired) electrons. The lowest BCUT2D eigenvalue weighted by Gasteiger charge is -2.11. The summed E-state index contributed by atoms with van der Waals surface area (Å²) < 4.78 is 14.8. The molecule has 0 saturated carbocycles. The van der Waals surface area contributed by atoms with Crippen LogP contribution >= 0.6 is 0 Å². The standard InChI is InChI=1S/C25H21N5O3/c1-16-22(18-6-3-2-4-7-18)24-27-26-23-19(30(24)28-16)10-11-29(25(23)31)15-17-8-9-20-21(14-17)33-13-5-12-32-20/h2-4,6-11,14H,5,12-13,15H2,1H3. The van der Waals surface area contributed by atoms with Gasteiger partial charge in [0.15, 0.2) is 22.7 Å². The Morgan fingerprint density at radius 3 is 2.64 bits per heavy atom. The van der Waals surface area contributed by atoms with E-state index < -0.39 is 0 Å². The number of fused-ring (bicyclic) bond motifs is 4. The summed E-state index contributed by atoms with van der Waals surface area (Å²) in [4.78, 5) is 13.2. The van der Waals surface area contributed by atoms with Crippen LogP contribution in [-0.4, -0.2) is 37.6 Å². The molecule has 164 valence electrons. The van der Waals surface area contributed by atoms with Gasteiger partial charge in [-0.05, 0) is 36.2 Å². The topological polar surface area (TPSA) is 83.5 Å². The minimum atomic E-state index is -0.219. The average Bonchev–Trinajstić information content (AvgIpc) is 3.01. The first-order chi connectivity index (χ1) is 16.2. The SMILES string of the molecule is Cc1nn2c(nnc3c(=O)n(Cc4ccc5c(c4)OCCCO5)ccc32)c1-c1ccccc1. The number of aromatic nitrogens is 5. The molecule has 2 aromatic carbocycles. The number of benzene rings is 2. The van der Waals surface area contributed by atoms with Crippen LogP contribution in [0.15, 0.2) is 65.6 Å². The molecule has 0 saturated heterocycles. The highest BCUT2D eigenvalue weighted by Crippen LogP contribution is 2.31. The summed E-state index contributed by atoms with van der Waals surface area (Å²) >= 11 is 0. The summed E-state index contributed by atoms with van der Waals surface area (Å²) in [5, 5.41) is 13.4. The second-order valence-corrected chi connectivity index (χ2v) is 8.08. The summed E-state index contributed by atoms with van der Waals surface area (Å²) in [5.41, 5.74) is 5.03. The number of aryl methyl sites for hydroxylation is 1. The van der Waals surface area contributed by atoms with Crippen molar-refractivity contribution in [3.63, 3.8) is 0 Å². The molecule has 6 rings (SSSR count). The van der Waals surface area contributed by atoms with E-state index in [-0.39, 0.29) is 11.1 Å². The summed E-state index contributed by atoms with van der Waals surface area (Å²) in [7, 11) is 0. The molecule has 0 atom stereocenters. The Hall–Kier alpha value is -4.20. The molecule has 0 spiro atoms. The van der Waals surface area contributed by atoms with Gasteiger partial charge in [-0.1, -0.05) is 36.4 Å². The van der Waals surface area contributed by atoms with Crippen molar-refractivity contribution in [3.8, 4) is 22.6 Å². The molecule has 1 aliphatic heterocycles. The minimum Gasteiger partial charge on any atom is -0.490 e. The van der Waals surface area contributed by atoms with Gasteiger partial charge in [0.2, 0.25) is 0 Å². The minimum absolute atomic E-state index is 0.219. The van der Waals surface area contributed by atoms with Crippen LogP contribution in [0.4, 0.5) is 0 Å². The van der Waals surface area contributed by atoms with E-state index in [4.69, 9.17) is 9.47 Å². The Labute approximate surface area is 189 Å². The summed E-state index contributed by atoms with van der Waals surface area (Å²) in [6, 6.07) is 17.6. The van der Waals surface area contributed by atoms with E-state index in [0.29, 0.717) is 36.7 Å². The van der Waals surface area contributed by atoms with Gasteiger partial charge in [-0.15, -0.1) is 10.2 Å². The van der Waals surface area contributed by atoms with E-state index in [0.717, 1.165) is 34.6 Å². The van der Waals surface area contributed by atoms with Crippen molar-refractivity contribution in [2.45, 2.75) is 19.9 Å². The maximum atomic E-state index is 13.2.